The van der Waals surface area contributed by atoms with Gasteiger partial charge in [-0.15, -0.1) is 11.3 Å². The Balaban J connectivity index is 1.25. The van der Waals surface area contributed by atoms with Crippen molar-refractivity contribution < 1.29 is 19.1 Å². The summed E-state index contributed by atoms with van der Waals surface area (Å²) in [7, 11) is 0. The van der Waals surface area contributed by atoms with Crippen LogP contribution in [0.5, 0.6) is 11.5 Å². The number of nitrogens with zero attached hydrogens (tertiary/aromatic N) is 1. The summed E-state index contributed by atoms with van der Waals surface area (Å²) in [4.78, 5) is 27.9. The number of hydrogen-bond donors (Lipinski definition) is 1. The SMILES string of the molecule is O=C(Cc1cc(Cl)c2c(c1)OCCO2)NCCC(=O)N1CCc2sccc2C1. The van der Waals surface area contributed by atoms with E-state index in [1.54, 1.807) is 23.5 Å². The lowest BCUT2D eigenvalue weighted by molar-refractivity contribution is -0.132. The van der Waals surface area contributed by atoms with Gasteiger partial charge in [-0.05, 0) is 41.1 Å². The molecule has 148 valence electrons. The molecule has 28 heavy (non-hydrogen) atoms. The predicted octanol–water partition coefficient (Wildman–Crippen LogP) is 2.81. The summed E-state index contributed by atoms with van der Waals surface area (Å²) in [5.41, 5.74) is 1.99. The Morgan fingerprint density at radius 1 is 1.25 bits per heavy atom. The Morgan fingerprint density at radius 2 is 2.11 bits per heavy atom. The summed E-state index contributed by atoms with van der Waals surface area (Å²) in [6.07, 6.45) is 1.38. The third-order valence-corrected chi connectivity index (χ3v) is 6.15. The summed E-state index contributed by atoms with van der Waals surface area (Å²) in [6.45, 7) is 2.66. The lowest BCUT2D eigenvalue weighted by Crippen LogP contribution is -2.37. The fraction of sp³-hybridized carbons (Fsp3) is 0.400. The summed E-state index contributed by atoms with van der Waals surface area (Å²) >= 11 is 7.95. The molecule has 0 unspecified atom stereocenters. The number of fused-ring (bicyclic) bond motifs is 2. The van der Waals surface area contributed by atoms with Crippen molar-refractivity contribution in [2.45, 2.75) is 25.8 Å². The standard InChI is InChI=1S/C20H21ClN2O4S/c21-15-9-13(10-16-20(15)27-7-6-26-16)11-18(24)22-4-1-19(25)23-5-2-17-14(12-23)3-8-28-17/h3,8-10H,1-2,4-7,11-12H2,(H,22,24). The summed E-state index contributed by atoms with van der Waals surface area (Å²) < 4.78 is 11.0. The third-order valence-electron chi connectivity index (χ3n) is 4.84. The Morgan fingerprint density at radius 3 is 3.00 bits per heavy atom. The molecule has 2 amide bonds. The molecule has 4 rings (SSSR count). The first-order chi connectivity index (χ1) is 13.6. The van der Waals surface area contributed by atoms with Gasteiger partial charge in [-0.25, -0.2) is 0 Å². The molecule has 1 N–H and O–H groups in total. The maximum Gasteiger partial charge on any atom is 0.224 e. The molecule has 2 aliphatic rings. The van der Waals surface area contributed by atoms with E-state index in [0.717, 1.165) is 18.5 Å². The second-order valence-corrected chi connectivity index (χ2v) is 8.22. The van der Waals surface area contributed by atoms with Crippen LogP contribution in [0.4, 0.5) is 0 Å². The van der Waals surface area contributed by atoms with E-state index in [2.05, 4.69) is 16.8 Å². The summed E-state index contributed by atoms with van der Waals surface area (Å²) in [5.74, 6) is 1.01. The largest absolute Gasteiger partial charge is 0.486 e. The van der Waals surface area contributed by atoms with Gasteiger partial charge in [0.15, 0.2) is 11.5 Å². The van der Waals surface area contributed by atoms with Crippen molar-refractivity contribution in [1.29, 1.82) is 0 Å². The van der Waals surface area contributed by atoms with Gasteiger partial charge >= 0.3 is 0 Å². The van der Waals surface area contributed by atoms with E-state index < -0.39 is 0 Å². The summed E-state index contributed by atoms with van der Waals surface area (Å²) in [5, 5.41) is 5.33. The highest BCUT2D eigenvalue weighted by atomic mass is 35.5. The number of halogens is 1. The molecule has 0 saturated carbocycles. The van der Waals surface area contributed by atoms with Crippen molar-refractivity contribution in [3.63, 3.8) is 0 Å². The lowest BCUT2D eigenvalue weighted by Gasteiger charge is -2.27. The normalized spacial score (nSPS) is 15.1. The monoisotopic (exact) mass is 420 g/mol. The molecular formula is C20H21ClN2O4S. The average molecular weight is 421 g/mol. The van der Waals surface area contributed by atoms with Gasteiger partial charge in [0.25, 0.3) is 0 Å². The minimum absolute atomic E-state index is 0.0690. The smallest absolute Gasteiger partial charge is 0.224 e. The Hall–Kier alpha value is -2.25. The molecule has 2 aromatic rings. The number of ether oxygens (including phenoxy) is 2. The number of rotatable bonds is 5. The maximum absolute atomic E-state index is 12.4. The molecule has 0 aliphatic carbocycles. The first-order valence-electron chi connectivity index (χ1n) is 9.28. The van der Waals surface area contributed by atoms with E-state index in [0.29, 0.717) is 49.2 Å². The highest BCUT2D eigenvalue weighted by Crippen LogP contribution is 2.38. The van der Waals surface area contributed by atoms with Crippen molar-refractivity contribution in [3.8, 4) is 11.5 Å². The van der Waals surface area contributed by atoms with Gasteiger partial charge in [-0.2, -0.15) is 0 Å². The topological polar surface area (TPSA) is 67.9 Å². The molecular weight excluding hydrogens is 400 g/mol. The molecule has 1 aromatic carbocycles. The molecule has 1 aromatic heterocycles. The van der Waals surface area contributed by atoms with Gasteiger partial charge in [0.2, 0.25) is 11.8 Å². The molecule has 2 aliphatic heterocycles. The van der Waals surface area contributed by atoms with Crippen molar-refractivity contribution in [2.75, 3.05) is 26.3 Å². The number of amides is 2. The van der Waals surface area contributed by atoms with Crippen LogP contribution < -0.4 is 14.8 Å². The van der Waals surface area contributed by atoms with Crippen LogP contribution in [0.1, 0.15) is 22.4 Å². The fourth-order valence-electron chi connectivity index (χ4n) is 3.44. The highest BCUT2D eigenvalue weighted by Gasteiger charge is 2.21. The van der Waals surface area contributed by atoms with E-state index >= 15 is 0 Å². The number of carbonyl (C=O) groups is 2. The molecule has 0 atom stereocenters. The zero-order chi connectivity index (χ0) is 19.5. The van der Waals surface area contributed by atoms with Gasteiger partial charge in [-0.3, -0.25) is 9.59 Å². The number of nitrogens with one attached hydrogen (secondary N) is 1. The van der Waals surface area contributed by atoms with Crippen LogP contribution in [0.2, 0.25) is 5.02 Å². The van der Waals surface area contributed by atoms with Crippen LogP contribution in [0.3, 0.4) is 0 Å². The van der Waals surface area contributed by atoms with Crippen LogP contribution in [0.15, 0.2) is 23.6 Å². The second-order valence-electron chi connectivity index (χ2n) is 6.81. The maximum atomic E-state index is 12.4. The molecule has 0 fully saturated rings. The predicted molar refractivity (Wildman–Crippen MR) is 107 cm³/mol. The van der Waals surface area contributed by atoms with Crippen molar-refractivity contribution in [2.24, 2.45) is 0 Å². The van der Waals surface area contributed by atoms with Gasteiger partial charge in [0.1, 0.15) is 13.2 Å². The van der Waals surface area contributed by atoms with Crippen molar-refractivity contribution >= 4 is 34.8 Å². The molecule has 6 nitrogen and oxygen atoms in total. The van der Waals surface area contributed by atoms with E-state index in [1.807, 2.05) is 4.90 Å². The number of hydrogen-bond acceptors (Lipinski definition) is 5. The van der Waals surface area contributed by atoms with E-state index in [4.69, 9.17) is 21.1 Å². The fourth-order valence-corrected chi connectivity index (χ4v) is 4.62. The summed E-state index contributed by atoms with van der Waals surface area (Å²) in [6, 6.07) is 5.57. The van der Waals surface area contributed by atoms with Crippen LogP contribution in [-0.4, -0.2) is 43.0 Å². The quantitative estimate of drug-likeness (QED) is 0.807. The molecule has 8 heteroatoms. The first-order valence-corrected chi connectivity index (χ1v) is 10.5. The van der Waals surface area contributed by atoms with Crippen LogP contribution >= 0.6 is 22.9 Å². The van der Waals surface area contributed by atoms with Gasteiger partial charge in [0, 0.05) is 30.9 Å². The third kappa shape index (κ3) is 4.25. The van der Waals surface area contributed by atoms with Gasteiger partial charge in [0.05, 0.1) is 11.4 Å². The number of thiophene rings is 1. The Labute approximate surface area is 172 Å². The van der Waals surface area contributed by atoms with Crippen LogP contribution in [0, 0.1) is 0 Å². The Kier molecular flexibility index (Phi) is 5.73. The zero-order valence-corrected chi connectivity index (χ0v) is 16.9. The highest BCUT2D eigenvalue weighted by molar-refractivity contribution is 7.10. The minimum Gasteiger partial charge on any atom is -0.486 e. The zero-order valence-electron chi connectivity index (χ0n) is 15.3. The Bertz CT molecular complexity index is 898. The lowest BCUT2D eigenvalue weighted by atomic mass is 10.1. The van der Waals surface area contributed by atoms with Gasteiger partial charge in [-0.1, -0.05) is 11.6 Å². The molecule has 0 spiro atoms. The number of carbonyl (C=O) groups excluding carboxylic acids is 2. The molecule has 0 bridgehead atoms. The molecule has 0 saturated heterocycles. The van der Waals surface area contributed by atoms with Crippen LogP contribution in [-0.2, 0) is 29.0 Å². The molecule has 0 radical (unpaired) electrons. The van der Waals surface area contributed by atoms with Crippen molar-refractivity contribution in [1.82, 2.24) is 10.2 Å². The second kappa shape index (κ2) is 8.41. The van der Waals surface area contributed by atoms with E-state index in [1.165, 1.54) is 10.4 Å². The number of benzene rings is 1. The minimum atomic E-state index is -0.153. The van der Waals surface area contributed by atoms with E-state index in [9.17, 15) is 9.59 Å². The average Bonchev–Trinajstić information content (AvgIpc) is 3.15. The van der Waals surface area contributed by atoms with E-state index in [-0.39, 0.29) is 18.2 Å². The van der Waals surface area contributed by atoms with Crippen molar-refractivity contribution in [3.05, 3.63) is 44.6 Å². The molecule has 3 heterocycles. The van der Waals surface area contributed by atoms with Crippen LogP contribution in [0.25, 0.3) is 0 Å². The first kappa shape index (κ1) is 19.1. The van der Waals surface area contributed by atoms with Gasteiger partial charge < -0.3 is 19.7 Å².